The third-order valence-corrected chi connectivity index (χ3v) is 5.36. The standard InChI is InChI=1S/C16H26N4O/c1-13(20-12-9-17-14(20)2)15(21)18-8-7-16-5-3-10-19(16)11-4-6-16/h9,12-13H,3-8,10-11H2,1-2H3,(H,18,21)/t13-/m1/s1. The van der Waals surface area contributed by atoms with E-state index in [4.69, 9.17) is 0 Å². The van der Waals surface area contributed by atoms with Gasteiger partial charge in [0.15, 0.2) is 0 Å². The van der Waals surface area contributed by atoms with E-state index in [1.54, 1.807) is 6.20 Å². The van der Waals surface area contributed by atoms with Crippen molar-refractivity contribution in [1.82, 2.24) is 19.8 Å². The molecular formula is C16H26N4O. The van der Waals surface area contributed by atoms with Gasteiger partial charge in [-0.15, -0.1) is 0 Å². The maximum atomic E-state index is 12.3. The van der Waals surface area contributed by atoms with Gasteiger partial charge in [0.25, 0.3) is 0 Å². The topological polar surface area (TPSA) is 50.2 Å². The maximum Gasteiger partial charge on any atom is 0.242 e. The molecular weight excluding hydrogens is 264 g/mol. The summed E-state index contributed by atoms with van der Waals surface area (Å²) < 4.78 is 1.92. The molecule has 0 aliphatic carbocycles. The molecule has 3 heterocycles. The first-order chi connectivity index (χ1) is 10.1. The molecule has 5 heteroatoms. The van der Waals surface area contributed by atoms with Gasteiger partial charge in [-0.25, -0.2) is 4.98 Å². The molecule has 2 aliphatic rings. The second-order valence-electron chi connectivity index (χ2n) is 6.52. The summed E-state index contributed by atoms with van der Waals surface area (Å²) in [5.74, 6) is 0.976. The normalized spacial score (nSPS) is 22.2. The minimum Gasteiger partial charge on any atom is -0.354 e. The van der Waals surface area contributed by atoms with E-state index in [0.717, 1.165) is 18.8 Å². The summed E-state index contributed by atoms with van der Waals surface area (Å²) in [5.41, 5.74) is 0.390. The summed E-state index contributed by atoms with van der Waals surface area (Å²) in [5, 5.41) is 3.12. The van der Waals surface area contributed by atoms with Crippen LogP contribution in [0.25, 0.3) is 0 Å². The molecule has 0 saturated carbocycles. The number of fused-ring (bicyclic) bond motifs is 1. The zero-order valence-corrected chi connectivity index (χ0v) is 13.1. The van der Waals surface area contributed by atoms with Crippen molar-refractivity contribution in [3.8, 4) is 0 Å². The highest BCUT2D eigenvalue weighted by Crippen LogP contribution is 2.40. The number of aryl methyl sites for hydroxylation is 1. The number of carbonyl (C=O) groups excluding carboxylic acids is 1. The summed E-state index contributed by atoms with van der Waals surface area (Å²) in [6.45, 7) is 7.14. The molecule has 1 N–H and O–H groups in total. The summed E-state index contributed by atoms with van der Waals surface area (Å²) in [7, 11) is 0. The van der Waals surface area contributed by atoms with Crippen molar-refractivity contribution in [2.75, 3.05) is 19.6 Å². The van der Waals surface area contributed by atoms with Crippen molar-refractivity contribution in [3.63, 3.8) is 0 Å². The molecule has 0 bridgehead atoms. The summed E-state index contributed by atoms with van der Waals surface area (Å²) in [6.07, 6.45) is 9.95. The van der Waals surface area contributed by atoms with E-state index in [0.29, 0.717) is 5.54 Å². The number of amides is 1. The molecule has 21 heavy (non-hydrogen) atoms. The lowest BCUT2D eigenvalue weighted by Crippen LogP contribution is -2.42. The van der Waals surface area contributed by atoms with Gasteiger partial charge in [0.05, 0.1) is 0 Å². The average Bonchev–Trinajstić information content (AvgIpc) is 3.12. The highest BCUT2D eigenvalue weighted by Gasteiger charge is 2.43. The van der Waals surface area contributed by atoms with Crippen LogP contribution in [0, 0.1) is 6.92 Å². The Bertz CT molecular complexity index is 500. The monoisotopic (exact) mass is 290 g/mol. The van der Waals surface area contributed by atoms with Gasteiger partial charge in [-0.05, 0) is 59.0 Å². The second kappa shape index (κ2) is 5.79. The van der Waals surface area contributed by atoms with Crippen molar-refractivity contribution in [2.45, 2.75) is 57.5 Å². The minimum atomic E-state index is -0.187. The largest absolute Gasteiger partial charge is 0.354 e. The van der Waals surface area contributed by atoms with Crippen LogP contribution < -0.4 is 5.32 Å². The first kappa shape index (κ1) is 14.6. The fourth-order valence-electron chi connectivity index (χ4n) is 4.12. The first-order valence-electron chi connectivity index (χ1n) is 8.15. The molecule has 116 valence electrons. The number of imidazole rings is 1. The molecule has 1 aromatic rings. The Balaban J connectivity index is 1.51. The van der Waals surface area contributed by atoms with E-state index in [1.165, 1.54) is 38.8 Å². The van der Waals surface area contributed by atoms with Crippen LogP contribution in [0.15, 0.2) is 12.4 Å². The van der Waals surface area contributed by atoms with Gasteiger partial charge in [-0.1, -0.05) is 0 Å². The highest BCUT2D eigenvalue weighted by molar-refractivity contribution is 5.79. The van der Waals surface area contributed by atoms with Gasteiger partial charge in [0.2, 0.25) is 5.91 Å². The first-order valence-corrected chi connectivity index (χ1v) is 8.15. The Hall–Kier alpha value is -1.36. The number of hydrogen-bond acceptors (Lipinski definition) is 3. The second-order valence-corrected chi connectivity index (χ2v) is 6.52. The zero-order chi connectivity index (χ0) is 14.9. The number of rotatable bonds is 5. The lowest BCUT2D eigenvalue weighted by Gasteiger charge is -2.32. The van der Waals surface area contributed by atoms with Crippen molar-refractivity contribution in [2.24, 2.45) is 0 Å². The molecule has 1 atom stereocenters. The van der Waals surface area contributed by atoms with Gasteiger partial charge >= 0.3 is 0 Å². The van der Waals surface area contributed by atoms with Crippen molar-refractivity contribution < 1.29 is 4.79 Å². The Kier molecular flexibility index (Phi) is 4.02. The zero-order valence-electron chi connectivity index (χ0n) is 13.1. The van der Waals surface area contributed by atoms with Gasteiger partial charge in [0, 0.05) is 24.5 Å². The maximum absolute atomic E-state index is 12.3. The molecule has 1 aromatic heterocycles. The fraction of sp³-hybridized carbons (Fsp3) is 0.750. The predicted octanol–water partition coefficient (Wildman–Crippen LogP) is 1.89. The minimum absolute atomic E-state index is 0.0926. The Morgan fingerprint density at radius 2 is 2.14 bits per heavy atom. The van der Waals surface area contributed by atoms with E-state index >= 15 is 0 Å². The number of nitrogens with zero attached hydrogens (tertiary/aromatic N) is 3. The van der Waals surface area contributed by atoms with Crippen molar-refractivity contribution in [1.29, 1.82) is 0 Å². The van der Waals surface area contributed by atoms with Gasteiger partial charge in [-0.2, -0.15) is 0 Å². The smallest absolute Gasteiger partial charge is 0.242 e. The third kappa shape index (κ3) is 2.71. The summed E-state index contributed by atoms with van der Waals surface area (Å²) in [6, 6.07) is -0.187. The van der Waals surface area contributed by atoms with Crippen LogP contribution in [-0.4, -0.2) is 45.5 Å². The average molecular weight is 290 g/mol. The number of nitrogens with one attached hydrogen (secondary N) is 1. The lowest BCUT2D eigenvalue weighted by molar-refractivity contribution is -0.124. The van der Waals surface area contributed by atoms with Crippen molar-refractivity contribution >= 4 is 5.91 Å². The molecule has 0 radical (unpaired) electrons. The Morgan fingerprint density at radius 3 is 2.76 bits per heavy atom. The van der Waals surface area contributed by atoms with Gasteiger partial charge in [0.1, 0.15) is 11.9 Å². The van der Waals surface area contributed by atoms with E-state index in [1.807, 2.05) is 24.6 Å². The highest BCUT2D eigenvalue weighted by atomic mass is 16.2. The molecule has 5 nitrogen and oxygen atoms in total. The SMILES string of the molecule is Cc1nccn1[C@H](C)C(=O)NCCC12CCCN1CCC2. The molecule has 2 fully saturated rings. The van der Waals surface area contributed by atoms with Gasteiger partial charge < -0.3 is 9.88 Å². The molecule has 2 saturated heterocycles. The van der Waals surface area contributed by atoms with Crippen LogP contribution in [-0.2, 0) is 4.79 Å². The van der Waals surface area contributed by atoms with Crippen molar-refractivity contribution in [3.05, 3.63) is 18.2 Å². The molecule has 2 aliphatic heterocycles. The Morgan fingerprint density at radius 1 is 1.43 bits per heavy atom. The third-order valence-electron chi connectivity index (χ3n) is 5.36. The molecule has 0 aromatic carbocycles. The number of hydrogen-bond donors (Lipinski definition) is 1. The van der Waals surface area contributed by atoms with Gasteiger partial charge in [-0.3, -0.25) is 9.69 Å². The quantitative estimate of drug-likeness (QED) is 0.901. The molecule has 3 rings (SSSR count). The van der Waals surface area contributed by atoms with Crippen LogP contribution in [0.3, 0.4) is 0 Å². The Labute approximate surface area is 126 Å². The molecule has 0 spiro atoms. The summed E-state index contributed by atoms with van der Waals surface area (Å²) in [4.78, 5) is 19.1. The predicted molar refractivity (Wildman–Crippen MR) is 82.1 cm³/mol. The number of aromatic nitrogens is 2. The molecule has 0 unspecified atom stereocenters. The number of carbonyl (C=O) groups is 1. The summed E-state index contributed by atoms with van der Waals surface area (Å²) >= 11 is 0. The van der Waals surface area contributed by atoms with E-state index in [9.17, 15) is 4.79 Å². The van der Waals surface area contributed by atoms with E-state index < -0.39 is 0 Å². The van der Waals surface area contributed by atoms with Crippen LogP contribution in [0.2, 0.25) is 0 Å². The lowest BCUT2D eigenvalue weighted by atomic mass is 9.90. The molecule has 1 amide bonds. The van der Waals surface area contributed by atoms with E-state index in [-0.39, 0.29) is 11.9 Å². The van der Waals surface area contributed by atoms with Crippen LogP contribution in [0.5, 0.6) is 0 Å². The van der Waals surface area contributed by atoms with Crippen LogP contribution >= 0.6 is 0 Å². The van der Waals surface area contributed by atoms with E-state index in [2.05, 4.69) is 15.2 Å². The van der Waals surface area contributed by atoms with Crippen LogP contribution in [0.1, 0.15) is 50.9 Å². The fourth-order valence-corrected chi connectivity index (χ4v) is 4.12. The van der Waals surface area contributed by atoms with Crippen LogP contribution in [0.4, 0.5) is 0 Å².